The third-order valence-electron chi connectivity index (χ3n) is 2.48. The lowest BCUT2D eigenvalue weighted by Gasteiger charge is -2.14. The highest BCUT2D eigenvalue weighted by atomic mass is 79.9. The Balaban J connectivity index is 2.65. The van der Waals surface area contributed by atoms with Gasteiger partial charge < -0.3 is 10.5 Å². The van der Waals surface area contributed by atoms with Crippen LogP contribution in [0.15, 0.2) is 22.7 Å². The molecule has 0 spiro atoms. The molecule has 0 saturated heterocycles. The fraction of sp³-hybridized carbons (Fsp3) is 0.500. The number of hydrogen-bond acceptors (Lipinski definition) is 2. The summed E-state index contributed by atoms with van der Waals surface area (Å²) in [4.78, 5) is 0. The molecule has 0 saturated carbocycles. The average molecular weight is 272 g/mol. The van der Waals surface area contributed by atoms with Gasteiger partial charge in [-0.3, -0.25) is 0 Å². The van der Waals surface area contributed by atoms with E-state index < -0.39 is 0 Å². The first-order valence-electron chi connectivity index (χ1n) is 5.16. The number of benzene rings is 1. The van der Waals surface area contributed by atoms with Crippen molar-refractivity contribution in [1.29, 1.82) is 0 Å². The largest absolute Gasteiger partial charge is 0.385 e. The molecule has 0 aliphatic heterocycles. The standard InChI is InChI=1S/C12H18BrNO/c1-9-5-3-6-10(12(9)13)11(14)7-4-8-15-2/h3,5-6,11H,4,7-8,14H2,1-2H3. The maximum atomic E-state index is 6.12. The van der Waals surface area contributed by atoms with Crippen LogP contribution >= 0.6 is 15.9 Å². The van der Waals surface area contributed by atoms with Crippen LogP contribution in [0.5, 0.6) is 0 Å². The Kier molecular flexibility index (Phi) is 5.29. The zero-order valence-corrected chi connectivity index (χ0v) is 10.9. The molecule has 2 nitrogen and oxygen atoms in total. The Bertz CT molecular complexity index is 314. The van der Waals surface area contributed by atoms with Crippen molar-refractivity contribution in [1.82, 2.24) is 0 Å². The SMILES string of the molecule is COCCCC(N)c1cccc(C)c1Br. The van der Waals surface area contributed by atoms with Gasteiger partial charge in [-0.25, -0.2) is 0 Å². The summed E-state index contributed by atoms with van der Waals surface area (Å²) in [6, 6.07) is 6.30. The highest BCUT2D eigenvalue weighted by Crippen LogP contribution is 2.27. The van der Waals surface area contributed by atoms with E-state index in [2.05, 4.69) is 35.0 Å². The quantitative estimate of drug-likeness (QED) is 0.835. The minimum absolute atomic E-state index is 0.0921. The lowest BCUT2D eigenvalue weighted by molar-refractivity contribution is 0.190. The van der Waals surface area contributed by atoms with E-state index in [0.717, 1.165) is 23.9 Å². The van der Waals surface area contributed by atoms with E-state index in [-0.39, 0.29) is 6.04 Å². The third kappa shape index (κ3) is 3.59. The molecule has 0 aliphatic rings. The molecule has 84 valence electrons. The van der Waals surface area contributed by atoms with Crippen molar-refractivity contribution in [3.63, 3.8) is 0 Å². The lowest BCUT2D eigenvalue weighted by atomic mass is 10.0. The molecule has 1 atom stereocenters. The molecule has 1 unspecified atom stereocenters. The summed E-state index contributed by atoms with van der Waals surface area (Å²) in [6.45, 7) is 2.85. The molecule has 0 bridgehead atoms. The van der Waals surface area contributed by atoms with E-state index in [1.165, 1.54) is 11.1 Å². The first-order chi connectivity index (χ1) is 7.16. The number of ether oxygens (including phenoxy) is 1. The van der Waals surface area contributed by atoms with Gasteiger partial charge in [0.1, 0.15) is 0 Å². The van der Waals surface area contributed by atoms with E-state index in [9.17, 15) is 0 Å². The molecule has 1 aromatic carbocycles. The van der Waals surface area contributed by atoms with Crippen molar-refractivity contribution in [2.24, 2.45) is 5.73 Å². The number of halogens is 1. The van der Waals surface area contributed by atoms with Gasteiger partial charge in [0.2, 0.25) is 0 Å². The summed E-state index contributed by atoms with van der Waals surface area (Å²) in [5.74, 6) is 0. The van der Waals surface area contributed by atoms with E-state index >= 15 is 0 Å². The molecule has 0 heterocycles. The monoisotopic (exact) mass is 271 g/mol. The maximum Gasteiger partial charge on any atom is 0.0462 e. The fourth-order valence-electron chi connectivity index (χ4n) is 1.56. The van der Waals surface area contributed by atoms with Gasteiger partial charge in [-0.05, 0) is 30.9 Å². The molecule has 1 aromatic rings. The van der Waals surface area contributed by atoms with Crippen molar-refractivity contribution >= 4 is 15.9 Å². The predicted octanol–water partition coefficient (Wildman–Crippen LogP) is 3.18. The molecule has 0 aromatic heterocycles. The summed E-state index contributed by atoms with van der Waals surface area (Å²) in [6.07, 6.45) is 1.95. The number of methoxy groups -OCH3 is 1. The van der Waals surface area contributed by atoms with Gasteiger partial charge >= 0.3 is 0 Å². The Morgan fingerprint density at radius 2 is 2.20 bits per heavy atom. The Labute approximate surface area is 99.9 Å². The first kappa shape index (κ1) is 12.7. The van der Waals surface area contributed by atoms with Gasteiger partial charge in [0.05, 0.1) is 0 Å². The molecule has 0 aliphatic carbocycles. The summed E-state index contributed by atoms with van der Waals surface area (Å²) >= 11 is 3.58. The average Bonchev–Trinajstić information content (AvgIpc) is 2.22. The zero-order valence-electron chi connectivity index (χ0n) is 9.29. The molecule has 1 rings (SSSR count). The van der Waals surface area contributed by atoms with Crippen LogP contribution in [0.4, 0.5) is 0 Å². The van der Waals surface area contributed by atoms with Gasteiger partial charge in [-0.1, -0.05) is 34.1 Å². The van der Waals surface area contributed by atoms with Crippen molar-refractivity contribution in [2.45, 2.75) is 25.8 Å². The van der Waals surface area contributed by atoms with Crippen LogP contribution in [0.3, 0.4) is 0 Å². The van der Waals surface area contributed by atoms with Crippen molar-refractivity contribution in [3.8, 4) is 0 Å². The van der Waals surface area contributed by atoms with Gasteiger partial charge in [0.15, 0.2) is 0 Å². The number of rotatable bonds is 5. The Morgan fingerprint density at radius 3 is 2.87 bits per heavy atom. The summed E-state index contributed by atoms with van der Waals surface area (Å²) in [5.41, 5.74) is 8.54. The smallest absolute Gasteiger partial charge is 0.0462 e. The van der Waals surface area contributed by atoms with E-state index in [4.69, 9.17) is 10.5 Å². The molecule has 3 heteroatoms. The van der Waals surface area contributed by atoms with Crippen LogP contribution in [0.1, 0.15) is 30.0 Å². The zero-order chi connectivity index (χ0) is 11.3. The topological polar surface area (TPSA) is 35.2 Å². The van der Waals surface area contributed by atoms with E-state index in [1.54, 1.807) is 7.11 Å². The minimum atomic E-state index is 0.0921. The van der Waals surface area contributed by atoms with Crippen LogP contribution in [0, 0.1) is 6.92 Å². The van der Waals surface area contributed by atoms with Crippen LogP contribution in [0.2, 0.25) is 0 Å². The molecular weight excluding hydrogens is 254 g/mol. The number of hydrogen-bond donors (Lipinski definition) is 1. The minimum Gasteiger partial charge on any atom is -0.385 e. The van der Waals surface area contributed by atoms with E-state index in [0.29, 0.717) is 0 Å². The van der Waals surface area contributed by atoms with Crippen molar-refractivity contribution < 1.29 is 4.74 Å². The van der Waals surface area contributed by atoms with Crippen LogP contribution in [0.25, 0.3) is 0 Å². The second-order valence-corrected chi connectivity index (χ2v) is 4.51. The number of nitrogens with two attached hydrogens (primary N) is 1. The van der Waals surface area contributed by atoms with Gasteiger partial charge in [0.25, 0.3) is 0 Å². The molecular formula is C12H18BrNO. The van der Waals surface area contributed by atoms with Crippen LogP contribution in [-0.4, -0.2) is 13.7 Å². The summed E-state index contributed by atoms with van der Waals surface area (Å²) in [7, 11) is 1.72. The fourth-order valence-corrected chi connectivity index (χ4v) is 2.12. The highest BCUT2D eigenvalue weighted by Gasteiger charge is 2.10. The van der Waals surface area contributed by atoms with E-state index in [1.807, 2.05) is 6.07 Å². The molecule has 15 heavy (non-hydrogen) atoms. The Hall–Kier alpha value is -0.380. The highest BCUT2D eigenvalue weighted by molar-refractivity contribution is 9.10. The normalized spacial score (nSPS) is 12.8. The molecule has 2 N–H and O–H groups in total. The maximum absolute atomic E-state index is 6.12. The van der Waals surface area contributed by atoms with Gasteiger partial charge in [0, 0.05) is 24.2 Å². The molecule has 0 fully saturated rings. The second-order valence-electron chi connectivity index (χ2n) is 3.72. The molecule has 0 amide bonds. The van der Waals surface area contributed by atoms with Crippen LogP contribution in [-0.2, 0) is 4.74 Å². The van der Waals surface area contributed by atoms with Crippen LogP contribution < -0.4 is 5.73 Å². The second kappa shape index (κ2) is 6.26. The van der Waals surface area contributed by atoms with Crippen molar-refractivity contribution in [2.75, 3.05) is 13.7 Å². The number of aryl methyl sites for hydroxylation is 1. The molecule has 0 radical (unpaired) electrons. The van der Waals surface area contributed by atoms with Crippen molar-refractivity contribution in [3.05, 3.63) is 33.8 Å². The predicted molar refractivity (Wildman–Crippen MR) is 66.9 cm³/mol. The van der Waals surface area contributed by atoms with Gasteiger partial charge in [-0.2, -0.15) is 0 Å². The summed E-state index contributed by atoms with van der Waals surface area (Å²) in [5, 5.41) is 0. The van der Waals surface area contributed by atoms with Gasteiger partial charge in [-0.15, -0.1) is 0 Å². The first-order valence-corrected chi connectivity index (χ1v) is 5.95. The summed E-state index contributed by atoms with van der Waals surface area (Å²) < 4.78 is 6.15. The lowest BCUT2D eigenvalue weighted by Crippen LogP contribution is -2.12. The third-order valence-corrected chi connectivity index (χ3v) is 3.57. The Morgan fingerprint density at radius 1 is 1.47 bits per heavy atom.